The number of ether oxygens (including phenoxy) is 1. The Balaban J connectivity index is 1.45. The molecule has 0 saturated heterocycles. The summed E-state index contributed by atoms with van der Waals surface area (Å²) < 4.78 is 33.1. The van der Waals surface area contributed by atoms with E-state index in [2.05, 4.69) is 15.3 Å². The lowest BCUT2D eigenvalue weighted by atomic mass is 10.1. The van der Waals surface area contributed by atoms with E-state index in [0.29, 0.717) is 17.0 Å². The van der Waals surface area contributed by atoms with Crippen molar-refractivity contribution >= 4 is 28.3 Å². The number of halogens is 2. The molecule has 166 valence electrons. The largest absolute Gasteiger partial charge is 0.451 e. The summed E-state index contributed by atoms with van der Waals surface area (Å²) in [5.74, 6) is -2.35. The molecule has 0 saturated carbocycles. The van der Waals surface area contributed by atoms with E-state index in [1.165, 1.54) is 36.4 Å². The van der Waals surface area contributed by atoms with Crippen molar-refractivity contribution in [1.29, 1.82) is 0 Å². The van der Waals surface area contributed by atoms with E-state index in [9.17, 15) is 18.4 Å². The van der Waals surface area contributed by atoms with Gasteiger partial charge in [0.05, 0.1) is 23.4 Å². The Morgan fingerprint density at radius 1 is 1.03 bits per heavy atom. The van der Waals surface area contributed by atoms with Crippen LogP contribution in [0.2, 0.25) is 0 Å². The molecule has 0 aliphatic heterocycles. The van der Waals surface area contributed by atoms with Crippen LogP contribution in [-0.4, -0.2) is 21.8 Å². The van der Waals surface area contributed by atoms with Crippen LogP contribution in [0.25, 0.3) is 0 Å². The van der Waals surface area contributed by atoms with Gasteiger partial charge in [0.25, 0.3) is 5.91 Å². The predicted octanol–water partition coefficient (Wildman–Crippen LogP) is 4.94. The van der Waals surface area contributed by atoms with Gasteiger partial charge < -0.3 is 4.74 Å². The molecule has 33 heavy (non-hydrogen) atoms. The zero-order valence-corrected chi connectivity index (χ0v) is 17.9. The van der Waals surface area contributed by atoms with E-state index in [1.807, 2.05) is 0 Å². The lowest BCUT2D eigenvalue weighted by Crippen LogP contribution is -2.16. The van der Waals surface area contributed by atoms with Gasteiger partial charge in [0, 0.05) is 17.1 Å². The van der Waals surface area contributed by atoms with Gasteiger partial charge in [-0.25, -0.2) is 13.8 Å². The highest BCUT2D eigenvalue weighted by Crippen LogP contribution is 2.26. The summed E-state index contributed by atoms with van der Waals surface area (Å²) >= 11 is 1.10. The molecule has 1 unspecified atom stereocenters. The van der Waals surface area contributed by atoms with Crippen molar-refractivity contribution in [2.24, 2.45) is 0 Å². The van der Waals surface area contributed by atoms with Crippen LogP contribution in [-0.2, 0) is 16.0 Å². The topological polar surface area (TPSA) is 81.2 Å². The number of nitrogens with one attached hydrogen (secondary N) is 1. The second-order valence-corrected chi connectivity index (χ2v) is 7.79. The fourth-order valence-electron chi connectivity index (χ4n) is 3.08. The molecule has 9 heteroatoms. The molecule has 2 aromatic carbocycles. The Morgan fingerprint density at radius 2 is 1.85 bits per heavy atom. The molecule has 0 aliphatic carbocycles. The summed E-state index contributed by atoms with van der Waals surface area (Å²) in [6, 6.07) is 16.5. The van der Waals surface area contributed by atoms with Crippen LogP contribution in [0, 0.1) is 11.6 Å². The molecule has 1 atom stereocenters. The van der Waals surface area contributed by atoms with Gasteiger partial charge in [0.15, 0.2) is 11.2 Å². The standard InChI is InChI=1S/C24H17F2N3O3S/c25-16-7-5-6-15(12-16)22(20-10-3-4-11-27-20)32-21(30)13-17-14-33-24(28-17)29-23(31)18-8-1-2-9-19(18)26/h1-12,14,22H,13H2,(H,28,29,31). The molecule has 0 fully saturated rings. The number of anilines is 1. The normalized spacial score (nSPS) is 11.6. The third-order valence-corrected chi connectivity index (χ3v) is 5.38. The number of carbonyl (C=O) groups is 2. The van der Waals surface area contributed by atoms with Gasteiger partial charge in [-0.1, -0.05) is 30.3 Å². The third-order valence-electron chi connectivity index (χ3n) is 4.57. The van der Waals surface area contributed by atoms with E-state index in [4.69, 9.17) is 4.74 Å². The maximum Gasteiger partial charge on any atom is 0.312 e. The number of esters is 1. The number of benzene rings is 2. The molecule has 0 bridgehead atoms. The molecular formula is C24H17F2N3O3S. The molecule has 1 amide bonds. The second kappa shape index (κ2) is 10.1. The summed E-state index contributed by atoms with van der Waals surface area (Å²) in [6.07, 6.45) is 0.485. The van der Waals surface area contributed by atoms with Crippen LogP contribution in [0.4, 0.5) is 13.9 Å². The SMILES string of the molecule is O=C(Cc1csc(NC(=O)c2ccccc2F)n1)OC(c1cccc(F)c1)c1ccccn1. The third kappa shape index (κ3) is 5.64. The summed E-state index contributed by atoms with van der Waals surface area (Å²) in [5.41, 5.74) is 1.15. The molecule has 0 radical (unpaired) electrons. The van der Waals surface area contributed by atoms with Crippen molar-refractivity contribution in [3.8, 4) is 0 Å². The minimum atomic E-state index is -0.895. The minimum Gasteiger partial charge on any atom is -0.451 e. The maximum atomic E-state index is 13.8. The summed E-state index contributed by atoms with van der Waals surface area (Å²) in [4.78, 5) is 33.3. The predicted molar refractivity (Wildman–Crippen MR) is 119 cm³/mol. The molecule has 4 aromatic rings. The fourth-order valence-corrected chi connectivity index (χ4v) is 3.78. The van der Waals surface area contributed by atoms with Crippen molar-refractivity contribution in [1.82, 2.24) is 9.97 Å². The number of carbonyl (C=O) groups excluding carboxylic acids is 2. The molecule has 2 heterocycles. The van der Waals surface area contributed by atoms with Crippen LogP contribution >= 0.6 is 11.3 Å². The Hall–Kier alpha value is -3.98. The van der Waals surface area contributed by atoms with Gasteiger partial charge in [0.1, 0.15) is 11.6 Å². The monoisotopic (exact) mass is 465 g/mol. The molecule has 2 aromatic heterocycles. The quantitative estimate of drug-likeness (QED) is 0.391. The lowest BCUT2D eigenvalue weighted by molar-refractivity contribution is -0.146. The van der Waals surface area contributed by atoms with Crippen molar-refractivity contribution < 1.29 is 23.1 Å². The number of rotatable bonds is 7. The van der Waals surface area contributed by atoms with E-state index in [0.717, 1.165) is 11.3 Å². The highest BCUT2D eigenvalue weighted by atomic mass is 32.1. The van der Waals surface area contributed by atoms with E-state index in [1.54, 1.807) is 41.9 Å². The van der Waals surface area contributed by atoms with Gasteiger partial charge in [-0.05, 0) is 36.4 Å². The Bertz CT molecular complexity index is 1280. The first-order chi connectivity index (χ1) is 16.0. The maximum absolute atomic E-state index is 13.8. The molecule has 4 rings (SSSR count). The van der Waals surface area contributed by atoms with E-state index in [-0.39, 0.29) is 17.1 Å². The molecule has 0 spiro atoms. The Morgan fingerprint density at radius 3 is 2.61 bits per heavy atom. The lowest BCUT2D eigenvalue weighted by Gasteiger charge is -2.17. The average molecular weight is 465 g/mol. The van der Waals surface area contributed by atoms with Crippen molar-refractivity contribution in [3.05, 3.63) is 112 Å². The number of hydrogen-bond acceptors (Lipinski definition) is 6. The molecule has 1 N–H and O–H groups in total. The zero-order valence-electron chi connectivity index (χ0n) is 17.1. The van der Waals surface area contributed by atoms with Gasteiger partial charge in [-0.3, -0.25) is 19.9 Å². The Labute approximate surface area is 191 Å². The fraction of sp³-hybridized carbons (Fsp3) is 0.0833. The van der Waals surface area contributed by atoms with Gasteiger partial charge >= 0.3 is 5.97 Å². The summed E-state index contributed by atoms with van der Waals surface area (Å²) in [5, 5.41) is 4.33. The number of aromatic nitrogens is 2. The number of nitrogens with zero attached hydrogens (tertiary/aromatic N) is 2. The van der Waals surface area contributed by atoms with Crippen LogP contribution in [0.5, 0.6) is 0 Å². The Kier molecular flexibility index (Phi) is 6.80. The van der Waals surface area contributed by atoms with Crippen molar-refractivity contribution in [3.63, 3.8) is 0 Å². The van der Waals surface area contributed by atoms with E-state index < -0.39 is 29.6 Å². The molecular weight excluding hydrogens is 448 g/mol. The van der Waals surface area contributed by atoms with Gasteiger partial charge in [-0.2, -0.15) is 0 Å². The highest BCUT2D eigenvalue weighted by Gasteiger charge is 2.22. The van der Waals surface area contributed by atoms with Crippen LogP contribution < -0.4 is 5.32 Å². The van der Waals surface area contributed by atoms with Gasteiger partial charge in [0.2, 0.25) is 0 Å². The minimum absolute atomic E-state index is 0.109. The van der Waals surface area contributed by atoms with E-state index >= 15 is 0 Å². The number of hydrogen-bond donors (Lipinski definition) is 1. The summed E-state index contributed by atoms with van der Waals surface area (Å²) in [6.45, 7) is 0. The zero-order chi connectivity index (χ0) is 23.2. The number of amides is 1. The van der Waals surface area contributed by atoms with Crippen molar-refractivity contribution in [2.45, 2.75) is 12.5 Å². The van der Waals surface area contributed by atoms with Gasteiger partial charge in [-0.15, -0.1) is 11.3 Å². The summed E-state index contributed by atoms with van der Waals surface area (Å²) in [7, 11) is 0. The van der Waals surface area contributed by atoms with Crippen LogP contribution in [0.1, 0.15) is 33.4 Å². The van der Waals surface area contributed by atoms with Crippen LogP contribution in [0.3, 0.4) is 0 Å². The first-order valence-corrected chi connectivity index (χ1v) is 10.7. The average Bonchev–Trinajstić information content (AvgIpc) is 3.24. The van der Waals surface area contributed by atoms with Crippen molar-refractivity contribution in [2.75, 3.05) is 5.32 Å². The molecule has 6 nitrogen and oxygen atoms in total. The second-order valence-electron chi connectivity index (χ2n) is 6.93. The van der Waals surface area contributed by atoms with Crippen LogP contribution in [0.15, 0.2) is 78.3 Å². The first-order valence-electron chi connectivity index (χ1n) is 9.86. The molecule has 0 aliphatic rings. The highest BCUT2D eigenvalue weighted by molar-refractivity contribution is 7.14. The number of thiazole rings is 1. The number of pyridine rings is 1. The smallest absolute Gasteiger partial charge is 0.312 e. The first kappa shape index (κ1) is 22.2.